The second kappa shape index (κ2) is 17.6. The molecule has 0 saturated heterocycles. The van der Waals surface area contributed by atoms with Crippen molar-refractivity contribution in [3.63, 3.8) is 0 Å². The maximum absolute atomic E-state index is 11.1. The van der Waals surface area contributed by atoms with Gasteiger partial charge in [-0.3, -0.25) is 0 Å². The molecule has 0 spiro atoms. The van der Waals surface area contributed by atoms with Crippen LogP contribution in [0.15, 0.2) is 4.42 Å². The van der Waals surface area contributed by atoms with Gasteiger partial charge in [-0.15, -0.1) is 32.8 Å². The van der Waals surface area contributed by atoms with Crippen LogP contribution in [0.2, 0.25) is 0 Å². The van der Waals surface area contributed by atoms with E-state index in [1.165, 1.54) is 120 Å². The van der Waals surface area contributed by atoms with E-state index in [2.05, 4.69) is 194 Å². The largest absolute Gasteiger partial charge is 0.457 e. The molecule has 0 aliphatic heterocycles. The fraction of sp³-hybridized carbons (Fsp3) is 0. The summed E-state index contributed by atoms with van der Waals surface area (Å²) in [5.74, 6) is 1.97. The van der Waals surface area contributed by atoms with E-state index in [0.29, 0.717) is 17.5 Å². The van der Waals surface area contributed by atoms with Gasteiger partial charge in [0.15, 0.2) is 17.5 Å². The van der Waals surface area contributed by atoms with Crippen molar-refractivity contribution >= 4 is 363 Å². The lowest BCUT2D eigenvalue weighted by molar-refractivity contribution is 0.675. The lowest BCUT2D eigenvalue weighted by atomic mass is 9.57. The molecule has 0 bridgehead atoms. The van der Waals surface area contributed by atoms with E-state index in [1.807, 2.05) is 0 Å². The first kappa shape index (κ1) is 50.8. The molecule has 0 radical (unpaired) electrons. The number of fused-ring (bicyclic) bond motifs is 5. The van der Waals surface area contributed by atoms with Crippen LogP contribution in [0.4, 0.5) is 0 Å². The smallest absolute Gasteiger partial charge is 0.164 e. The van der Waals surface area contributed by atoms with Crippen molar-refractivity contribution in [3.8, 4) is 51.4 Å². The zero-order valence-electron chi connectivity index (χ0n) is 47.2. The highest BCUT2D eigenvalue weighted by Crippen LogP contribution is 2.35. The Kier molecular flexibility index (Phi) is 12.6. The first-order chi connectivity index (χ1) is 33.2. The molecule has 314 valence electrons. The molecule has 5 nitrogen and oxygen atoms in total. The van der Waals surface area contributed by atoms with Crippen molar-refractivity contribution in [1.29, 1.82) is 5.26 Å². The third-order valence-electron chi connectivity index (χ3n) is 19.1. The molecule has 0 aliphatic rings. The maximum atomic E-state index is 11.1. The Hall–Kier alpha value is -5.08. The van der Waals surface area contributed by atoms with Crippen LogP contribution in [-0.2, 0) is 0 Å². The van der Waals surface area contributed by atoms with E-state index >= 15 is 0 Å². The summed E-state index contributed by atoms with van der Waals surface area (Å²) in [5, 5.41) is 17.9. The average Bonchev–Trinajstić information content (AvgIpc) is 3.74. The first-order valence-corrected chi connectivity index (χ1v) is 25.5. The molecule has 0 N–H and O–H groups in total. The van der Waals surface area contributed by atoms with Crippen LogP contribution in [-0.4, -0.2) is 203 Å². The van der Waals surface area contributed by atoms with Crippen LogP contribution < -0.4 is 131 Å². The molecule has 0 amide bonds. The van der Waals surface area contributed by atoms with E-state index in [4.69, 9.17) is 19.4 Å². The number of rotatable bonds is 4. The minimum absolute atomic E-state index is 0.645. The fourth-order valence-electron chi connectivity index (χ4n) is 12.6. The Morgan fingerprint density at radius 2 is 0.507 bits per heavy atom. The van der Waals surface area contributed by atoms with Crippen LogP contribution in [0.3, 0.4) is 0 Å². The fourth-order valence-corrected chi connectivity index (χ4v) is 12.6. The summed E-state index contributed by atoms with van der Waals surface area (Å²) in [4.78, 5) is 17.2. The third-order valence-corrected chi connectivity index (χ3v) is 19.1. The van der Waals surface area contributed by atoms with Crippen LogP contribution in [0.1, 0.15) is 5.56 Å². The Morgan fingerprint density at radius 3 is 0.972 bits per heavy atom. The van der Waals surface area contributed by atoms with Crippen molar-refractivity contribution in [1.82, 2.24) is 15.0 Å². The van der Waals surface area contributed by atoms with Gasteiger partial charge in [0.1, 0.15) is 199 Å². The Morgan fingerprint density at radius 1 is 0.239 bits per heavy atom. The lowest BCUT2D eigenvalue weighted by Gasteiger charge is -2.29. The number of benzene rings is 7. The molecule has 0 atom stereocenters. The zero-order chi connectivity index (χ0) is 52.2. The molecule has 2 heterocycles. The minimum Gasteiger partial charge on any atom is -0.457 e. The summed E-state index contributed by atoms with van der Waals surface area (Å²) >= 11 is 0. The summed E-state index contributed by atoms with van der Waals surface area (Å²) in [7, 11) is 53.6. The Labute approximate surface area is 441 Å². The third kappa shape index (κ3) is 6.91. The molecule has 0 unspecified atom stereocenters. The van der Waals surface area contributed by atoms with Gasteiger partial charge in [-0.2, -0.15) is 5.26 Å². The van der Waals surface area contributed by atoms with Crippen molar-refractivity contribution in [2.75, 3.05) is 0 Å². The van der Waals surface area contributed by atoms with Crippen LogP contribution in [0.5, 0.6) is 0 Å². The number of hydrogen-bond donors (Lipinski definition) is 0. The van der Waals surface area contributed by atoms with Crippen LogP contribution in [0, 0.1) is 11.3 Å². The van der Waals surface area contributed by atoms with Gasteiger partial charge in [0.05, 0.1) is 11.6 Å². The molecule has 2 aromatic heterocycles. The summed E-state index contributed by atoms with van der Waals surface area (Å²) < 4.78 is 7.04. The maximum Gasteiger partial charge on any atom is 0.164 e. The van der Waals surface area contributed by atoms with Gasteiger partial charge >= 0.3 is 0 Å². The predicted molar refractivity (Wildman–Crippen MR) is 385 cm³/mol. The van der Waals surface area contributed by atoms with Crippen LogP contribution in [0.25, 0.3) is 88.8 Å². The second-order valence-electron chi connectivity index (χ2n) is 21.7. The number of furan rings is 1. The number of hydrogen-bond acceptors (Lipinski definition) is 5. The monoisotopic (exact) mass is 889 g/mol. The summed E-state index contributed by atoms with van der Waals surface area (Å²) in [6.07, 6.45) is 0. The van der Waals surface area contributed by atoms with Gasteiger partial charge < -0.3 is 4.42 Å². The summed E-state index contributed by atoms with van der Waals surface area (Å²) in [5.41, 5.74) is 36.9. The Bertz CT molecular complexity index is 4040. The van der Waals surface area contributed by atoms with Crippen molar-refractivity contribution in [3.05, 3.63) is 5.56 Å². The summed E-state index contributed by atoms with van der Waals surface area (Å²) in [6.45, 7) is 0. The van der Waals surface area contributed by atoms with Crippen molar-refractivity contribution in [2.24, 2.45) is 0 Å². The van der Waals surface area contributed by atoms with Gasteiger partial charge in [0.2, 0.25) is 0 Å². The molecule has 29 heteroatoms. The van der Waals surface area contributed by atoms with Gasteiger partial charge in [-0.25, -0.2) is 15.0 Å². The standard InChI is InChI=1S/C42H48B24N4O/c43-14-2(1-67)3-4(15(44)28(57)20(49)9(3)19(48)26(14)55)5-6-7(18(47)27(56)16(5)45)11(22(51)29(58)17(6)46)40-68-41(70-42(69-40)13-24(53)31(60)34(63)32(61)25(13)54)12-8-10-21(50)30(59)35(64)37(66)39(10)71-38(8)36(65)33(62)23(12)52/h43-66H2. The average molecular weight is 884 g/mol. The van der Waals surface area contributed by atoms with E-state index < -0.39 is 0 Å². The highest BCUT2D eigenvalue weighted by atomic mass is 16.3. The van der Waals surface area contributed by atoms with E-state index in [0.717, 1.165) is 87.8 Å². The summed E-state index contributed by atoms with van der Waals surface area (Å²) in [6, 6.07) is 2.73. The van der Waals surface area contributed by atoms with Crippen molar-refractivity contribution < 1.29 is 4.42 Å². The highest BCUT2D eigenvalue weighted by Gasteiger charge is 2.30. The number of nitrogens with zero attached hydrogens (tertiary/aromatic N) is 4. The zero-order valence-corrected chi connectivity index (χ0v) is 47.2. The quantitative estimate of drug-likeness (QED) is 0.165. The SMILES string of the molecule is Bc1c(B)c(B)c(-c2nc(-c3c(B)c(B)c(B)c4c(-c5c(B)c(B)c(B)c6c(B)c(B)c(B)c(C#N)c56)c(B)c(B)c(B)c34)nc(-c3c(B)c(B)c(B)c4oc5c(B)c(B)c(B)c(B)c5c34)n2)c(B)c1B. The number of nitriles is 1. The van der Waals surface area contributed by atoms with Gasteiger partial charge in [-0.05, 0) is 27.3 Å². The normalized spacial score (nSPS) is 11.6. The van der Waals surface area contributed by atoms with E-state index in [-0.39, 0.29) is 0 Å². The molecule has 9 rings (SSSR count). The lowest BCUT2D eigenvalue weighted by Crippen LogP contribution is -2.55. The van der Waals surface area contributed by atoms with E-state index in [1.54, 1.807) is 0 Å². The molecular weight excluding hydrogens is 836 g/mol. The van der Waals surface area contributed by atoms with E-state index in [9.17, 15) is 5.26 Å². The highest BCUT2D eigenvalue weighted by molar-refractivity contribution is 6.74. The molecular formula is C42H48B24N4O. The number of aromatic nitrogens is 3. The van der Waals surface area contributed by atoms with Crippen molar-refractivity contribution in [2.45, 2.75) is 0 Å². The van der Waals surface area contributed by atoms with Gasteiger partial charge in [0.25, 0.3) is 0 Å². The molecule has 0 saturated carbocycles. The molecule has 0 fully saturated rings. The van der Waals surface area contributed by atoms with Gasteiger partial charge in [-0.1, -0.05) is 98.3 Å². The van der Waals surface area contributed by atoms with Gasteiger partial charge in [0, 0.05) is 32.8 Å². The topological polar surface area (TPSA) is 75.6 Å². The predicted octanol–water partition coefficient (Wildman–Crippen LogP) is -31.2. The minimum atomic E-state index is 0.645. The second-order valence-corrected chi connectivity index (χ2v) is 21.7. The Balaban J connectivity index is 1.55. The molecule has 9 aromatic rings. The molecule has 7 aromatic carbocycles. The first-order valence-electron chi connectivity index (χ1n) is 25.5. The van der Waals surface area contributed by atoms with Crippen LogP contribution >= 0.6 is 0 Å². The molecule has 71 heavy (non-hydrogen) atoms. The molecule has 0 aliphatic carbocycles.